The number of hydrogen-bond acceptors (Lipinski definition) is 2. The van der Waals surface area contributed by atoms with Crippen LogP contribution in [0.2, 0.25) is 0 Å². The molecule has 0 saturated carbocycles. The number of aryl methyl sites for hydroxylation is 1. The van der Waals surface area contributed by atoms with Gasteiger partial charge in [0.15, 0.2) is 0 Å². The molecular formula is C18H22N2O. The van der Waals surface area contributed by atoms with Crippen LogP contribution >= 0.6 is 0 Å². The van der Waals surface area contributed by atoms with E-state index in [9.17, 15) is 4.79 Å². The van der Waals surface area contributed by atoms with Gasteiger partial charge in [0, 0.05) is 24.7 Å². The molecule has 1 aromatic carbocycles. The SMILES string of the molecule is Cc1cnc(CC(=O)N2CCCCCC2)c2ccccc12. The molecule has 0 radical (unpaired) electrons. The van der Waals surface area contributed by atoms with Crippen molar-refractivity contribution in [2.45, 2.75) is 39.0 Å². The first kappa shape index (κ1) is 14.1. The predicted molar refractivity (Wildman–Crippen MR) is 85.2 cm³/mol. The highest BCUT2D eigenvalue weighted by Gasteiger charge is 2.17. The summed E-state index contributed by atoms with van der Waals surface area (Å²) in [6.45, 7) is 3.88. The molecule has 0 spiro atoms. The lowest BCUT2D eigenvalue weighted by Gasteiger charge is -2.20. The third kappa shape index (κ3) is 3.07. The van der Waals surface area contributed by atoms with Crippen LogP contribution in [0.3, 0.4) is 0 Å². The average molecular weight is 282 g/mol. The Kier molecular flexibility index (Phi) is 4.18. The minimum atomic E-state index is 0.221. The van der Waals surface area contributed by atoms with Gasteiger partial charge in [-0.2, -0.15) is 0 Å². The zero-order valence-electron chi connectivity index (χ0n) is 12.6. The molecule has 0 unspecified atom stereocenters. The number of benzene rings is 1. The van der Waals surface area contributed by atoms with Crippen LogP contribution in [0, 0.1) is 6.92 Å². The van der Waals surface area contributed by atoms with Crippen LogP contribution in [-0.4, -0.2) is 28.9 Å². The van der Waals surface area contributed by atoms with Gasteiger partial charge in [-0.15, -0.1) is 0 Å². The molecule has 0 bridgehead atoms. The van der Waals surface area contributed by atoms with Crippen molar-refractivity contribution in [3.63, 3.8) is 0 Å². The summed E-state index contributed by atoms with van der Waals surface area (Å²) < 4.78 is 0. The van der Waals surface area contributed by atoms with Gasteiger partial charge in [0.2, 0.25) is 5.91 Å². The van der Waals surface area contributed by atoms with E-state index >= 15 is 0 Å². The fourth-order valence-corrected chi connectivity index (χ4v) is 3.11. The molecule has 1 amide bonds. The minimum absolute atomic E-state index is 0.221. The van der Waals surface area contributed by atoms with E-state index in [4.69, 9.17) is 0 Å². The van der Waals surface area contributed by atoms with Crippen molar-refractivity contribution in [3.8, 4) is 0 Å². The lowest BCUT2D eigenvalue weighted by molar-refractivity contribution is -0.130. The fraction of sp³-hybridized carbons (Fsp3) is 0.444. The van der Waals surface area contributed by atoms with E-state index in [1.54, 1.807) is 0 Å². The number of fused-ring (bicyclic) bond motifs is 1. The number of pyridine rings is 1. The van der Waals surface area contributed by atoms with Crippen molar-refractivity contribution >= 4 is 16.7 Å². The molecule has 1 aliphatic rings. The summed E-state index contributed by atoms with van der Waals surface area (Å²) in [5.41, 5.74) is 2.07. The van der Waals surface area contributed by atoms with Gasteiger partial charge in [-0.05, 0) is 30.7 Å². The Morgan fingerprint density at radius 3 is 2.48 bits per heavy atom. The molecule has 0 atom stereocenters. The zero-order valence-corrected chi connectivity index (χ0v) is 12.6. The highest BCUT2D eigenvalue weighted by atomic mass is 16.2. The molecule has 3 heteroatoms. The van der Waals surface area contributed by atoms with Crippen LogP contribution in [0.15, 0.2) is 30.5 Å². The van der Waals surface area contributed by atoms with Crippen LogP contribution in [0.25, 0.3) is 10.8 Å². The van der Waals surface area contributed by atoms with Gasteiger partial charge >= 0.3 is 0 Å². The number of nitrogens with zero attached hydrogens (tertiary/aromatic N) is 2. The van der Waals surface area contributed by atoms with Gasteiger partial charge in [-0.25, -0.2) is 0 Å². The predicted octanol–water partition coefficient (Wildman–Crippen LogP) is 3.49. The van der Waals surface area contributed by atoms with Crippen molar-refractivity contribution in [2.24, 2.45) is 0 Å². The van der Waals surface area contributed by atoms with E-state index in [0.29, 0.717) is 6.42 Å². The molecule has 2 aromatic rings. The van der Waals surface area contributed by atoms with Gasteiger partial charge in [0.05, 0.1) is 12.1 Å². The van der Waals surface area contributed by atoms with Gasteiger partial charge < -0.3 is 4.90 Å². The normalized spacial score (nSPS) is 16.0. The van der Waals surface area contributed by atoms with E-state index in [1.165, 1.54) is 18.2 Å². The standard InChI is InChI=1S/C18H22N2O/c1-14-13-19-17(16-9-5-4-8-15(14)16)12-18(21)20-10-6-2-3-7-11-20/h4-5,8-9,13H,2-3,6-7,10-12H2,1H3. The lowest BCUT2D eigenvalue weighted by Crippen LogP contribution is -2.33. The first-order chi connectivity index (χ1) is 10.3. The van der Waals surface area contributed by atoms with E-state index in [0.717, 1.165) is 42.6 Å². The van der Waals surface area contributed by atoms with Crippen molar-refractivity contribution < 1.29 is 4.79 Å². The maximum atomic E-state index is 12.5. The molecule has 1 aromatic heterocycles. The Bertz CT molecular complexity index is 643. The Morgan fingerprint density at radius 1 is 1.10 bits per heavy atom. The molecule has 2 heterocycles. The van der Waals surface area contributed by atoms with E-state index < -0.39 is 0 Å². The lowest BCUT2D eigenvalue weighted by atomic mass is 10.0. The van der Waals surface area contributed by atoms with Crippen LogP contribution in [0.5, 0.6) is 0 Å². The molecule has 110 valence electrons. The van der Waals surface area contributed by atoms with E-state index in [1.807, 2.05) is 23.2 Å². The summed E-state index contributed by atoms with van der Waals surface area (Å²) in [5, 5.41) is 2.31. The summed E-state index contributed by atoms with van der Waals surface area (Å²) >= 11 is 0. The Labute approximate surface area is 126 Å². The van der Waals surface area contributed by atoms with Crippen LogP contribution < -0.4 is 0 Å². The molecule has 1 fully saturated rings. The molecule has 1 saturated heterocycles. The number of aromatic nitrogens is 1. The smallest absolute Gasteiger partial charge is 0.228 e. The minimum Gasteiger partial charge on any atom is -0.342 e. The largest absolute Gasteiger partial charge is 0.342 e. The van der Waals surface area contributed by atoms with Gasteiger partial charge in [0.1, 0.15) is 0 Å². The average Bonchev–Trinajstić information content (AvgIpc) is 2.79. The second kappa shape index (κ2) is 6.25. The highest BCUT2D eigenvalue weighted by molar-refractivity contribution is 5.90. The molecule has 0 aliphatic carbocycles. The summed E-state index contributed by atoms with van der Waals surface area (Å²) in [4.78, 5) is 19.1. The van der Waals surface area contributed by atoms with Gasteiger partial charge in [0.25, 0.3) is 0 Å². The maximum Gasteiger partial charge on any atom is 0.228 e. The van der Waals surface area contributed by atoms with Crippen LogP contribution in [0.4, 0.5) is 0 Å². The van der Waals surface area contributed by atoms with Gasteiger partial charge in [-0.3, -0.25) is 9.78 Å². The molecule has 3 rings (SSSR count). The van der Waals surface area contributed by atoms with Crippen molar-refractivity contribution in [1.82, 2.24) is 9.88 Å². The summed E-state index contributed by atoms with van der Waals surface area (Å²) in [5.74, 6) is 0.221. The summed E-state index contributed by atoms with van der Waals surface area (Å²) in [6.07, 6.45) is 7.06. The highest BCUT2D eigenvalue weighted by Crippen LogP contribution is 2.21. The quantitative estimate of drug-likeness (QED) is 0.844. The first-order valence-electron chi connectivity index (χ1n) is 7.87. The monoisotopic (exact) mass is 282 g/mol. The maximum absolute atomic E-state index is 12.5. The molecule has 0 N–H and O–H groups in total. The number of rotatable bonds is 2. The topological polar surface area (TPSA) is 33.2 Å². The van der Waals surface area contributed by atoms with Gasteiger partial charge in [-0.1, -0.05) is 37.1 Å². The van der Waals surface area contributed by atoms with Crippen molar-refractivity contribution in [3.05, 3.63) is 41.7 Å². The number of hydrogen-bond donors (Lipinski definition) is 0. The molecule has 21 heavy (non-hydrogen) atoms. The number of likely N-dealkylation sites (tertiary alicyclic amines) is 1. The van der Waals surface area contributed by atoms with Crippen LogP contribution in [-0.2, 0) is 11.2 Å². The Morgan fingerprint density at radius 2 is 1.76 bits per heavy atom. The number of carbonyl (C=O) groups is 1. The van der Waals surface area contributed by atoms with Crippen LogP contribution in [0.1, 0.15) is 36.9 Å². The molecule has 3 nitrogen and oxygen atoms in total. The van der Waals surface area contributed by atoms with E-state index in [2.05, 4.69) is 24.0 Å². The molecule has 1 aliphatic heterocycles. The number of amides is 1. The second-order valence-corrected chi connectivity index (χ2v) is 5.91. The van der Waals surface area contributed by atoms with Crippen molar-refractivity contribution in [2.75, 3.05) is 13.1 Å². The summed E-state index contributed by atoms with van der Waals surface area (Å²) in [7, 11) is 0. The fourth-order valence-electron chi connectivity index (χ4n) is 3.11. The zero-order chi connectivity index (χ0) is 14.7. The number of carbonyl (C=O) groups excluding carboxylic acids is 1. The Hall–Kier alpha value is -1.90. The summed E-state index contributed by atoms with van der Waals surface area (Å²) in [6, 6.07) is 8.23. The second-order valence-electron chi connectivity index (χ2n) is 5.91. The third-order valence-corrected chi connectivity index (χ3v) is 4.35. The third-order valence-electron chi connectivity index (χ3n) is 4.35. The Balaban J connectivity index is 1.84. The first-order valence-corrected chi connectivity index (χ1v) is 7.87. The van der Waals surface area contributed by atoms with E-state index in [-0.39, 0.29) is 5.91 Å². The molecular weight excluding hydrogens is 260 g/mol. The van der Waals surface area contributed by atoms with Crippen molar-refractivity contribution in [1.29, 1.82) is 0 Å².